The number of hydrogen-bond donors (Lipinski definition) is 1. The Morgan fingerprint density at radius 1 is 1.15 bits per heavy atom. The number of hydrogen-bond acceptors (Lipinski definition) is 5. The number of amides is 3. The lowest BCUT2D eigenvalue weighted by atomic mass is 9.73. The number of aryl methyl sites for hydroxylation is 1. The molecule has 3 aromatic rings. The van der Waals surface area contributed by atoms with Crippen LogP contribution in [0.2, 0.25) is 5.02 Å². The largest absolute Gasteiger partial charge is 0.391 e. The molecule has 9 nitrogen and oxygen atoms in total. The zero-order chi connectivity index (χ0) is 29.1. The first kappa shape index (κ1) is 27.5. The number of carbonyl (C=O) groups excluding carboxylic acids is 3. The molecule has 3 amide bonds. The lowest BCUT2D eigenvalue weighted by Crippen LogP contribution is -2.52. The summed E-state index contributed by atoms with van der Waals surface area (Å²) in [5.74, 6) is -1.09. The number of piperidine rings is 1. The van der Waals surface area contributed by atoms with E-state index in [0.29, 0.717) is 33.7 Å². The maximum atomic E-state index is 14.1. The standard InChI is InChI=1S/C28H28ClF3N6O3/c1-16-4-7-21-23(24(16)29)27(26(41)38(21)15-22(39)37-10-2-3-17(37)13-28(30,31)32)8-11-36(12-9-27)25(40)19-6-5-18-20(34-19)14-33-35-18/h4-7,14,17H,2-3,8-13,15H2,1H3,(H,33,35). The SMILES string of the molecule is Cc1ccc2c(c1Cl)C1(CCN(C(=O)c3ccc4[nH]ncc4n3)CC1)C(=O)N2CC(=O)N1CCCC1CC(F)(F)F. The number of aromatic amines is 1. The molecule has 1 aromatic carbocycles. The lowest BCUT2D eigenvalue weighted by Gasteiger charge is -2.38. The molecule has 0 radical (unpaired) electrons. The Hall–Kier alpha value is -3.67. The van der Waals surface area contributed by atoms with Gasteiger partial charge in [-0.25, -0.2) is 4.98 Å². The van der Waals surface area contributed by atoms with Crippen molar-refractivity contribution in [3.8, 4) is 0 Å². The number of pyridine rings is 1. The van der Waals surface area contributed by atoms with Crippen molar-refractivity contribution >= 4 is 46.0 Å². The van der Waals surface area contributed by atoms with E-state index in [1.54, 1.807) is 35.4 Å². The van der Waals surface area contributed by atoms with Crippen LogP contribution in [-0.2, 0) is 15.0 Å². The molecule has 2 saturated heterocycles. The van der Waals surface area contributed by atoms with Crippen LogP contribution in [0.4, 0.5) is 18.9 Å². The van der Waals surface area contributed by atoms with E-state index in [9.17, 15) is 27.6 Å². The van der Waals surface area contributed by atoms with Gasteiger partial charge < -0.3 is 14.7 Å². The fourth-order valence-electron chi connectivity index (χ4n) is 6.52. The predicted molar refractivity (Wildman–Crippen MR) is 145 cm³/mol. The second-order valence-corrected chi connectivity index (χ2v) is 11.4. The highest BCUT2D eigenvalue weighted by Gasteiger charge is 2.54. The van der Waals surface area contributed by atoms with Gasteiger partial charge >= 0.3 is 6.18 Å². The number of alkyl halides is 3. The molecule has 2 aromatic heterocycles. The third-order valence-electron chi connectivity index (χ3n) is 8.61. The molecule has 0 bridgehead atoms. The summed E-state index contributed by atoms with van der Waals surface area (Å²) in [5, 5.41) is 7.16. The van der Waals surface area contributed by atoms with Crippen molar-refractivity contribution in [2.24, 2.45) is 0 Å². The fourth-order valence-corrected chi connectivity index (χ4v) is 6.86. The average Bonchev–Trinajstić information content (AvgIpc) is 3.64. The summed E-state index contributed by atoms with van der Waals surface area (Å²) < 4.78 is 39.4. The Morgan fingerprint density at radius 2 is 1.90 bits per heavy atom. The highest BCUT2D eigenvalue weighted by Crippen LogP contribution is 2.52. The van der Waals surface area contributed by atoms with E-state index >= 15 is 0 Å². The summed E-state index contributed by atoms with van der Waals surface area (Å²) >= 11 is 6.79. The van der Waals surface area contributed by atoms with Crippen LogP contribution in [0.1, 0.15) is 53.7 Å². The Kier molecular flexibility index (Phi) is 6.71. The quantitative estimate of drug-likeness (QED) is 0.487. The zero-order valence-electron chi connectivity index (χ0n) is 22.3. The molecule has 1 N–H and O–H groups in total. The van der Waals surface area contributed by atoms with Crippen molar-refractivity contribution < 1.29 is 27.6 Å². The molecule has 1 spiro atoms. The van der Waals surface area contributed by atoms with Gasteiger partial charge in [-0.3, -0.25) is 19.5 Å². The molecule has 5 heterocycles. The molecular formula is C28H28ClF3N6O3. The summed E-state index contributed by atoms with van der Waals surface area (Å²) in [7, 11) is 0. The minimum absolute atomic E-state index is 0.226. The van der Waals surface area contributed by atoms with E-state index in [1.165, 1.54) is 9.80 Å². The van der Waals surface area contributed by atoms with Crippen LogP contribution < -0.4 is 4.90 Å². The molecule has 13 heteroatoms. The van der Waals surface area contributed by atoms with Gasteiger partial charge in [-0.15, -0.1) is 0 Å². The number of halogens is 4. The number of benzene rings is 1. The molecular weight excluding hydrogens is 561 g/mol. The topological polar surface area (TPSA) is 102 Å². The van der Waals surface area contributed by atoms with Crippen molar-refractivity contribution in [1.82, 2.24) is 25.0 Å². The van der Waals surface area contributed by atoms with Crippen LogP contribution in [0.25, 0.3) is 11.0 Å². The smallest absolute Gasteiger partial charge is 0.338 e. The molecule has 1 atom stereocenters. The number of fused-ring (bicyclic) bond motifs is 3. The molecule has 3 aliphatic rings. The Labute approximate surface area is 238 Å². The Bertz CT molecular complexity index is 1550. The average molecular weight is 589 g/mol. The maximum absolute atomic E-state index is 14.1. The highest BCUT2D eigenvalue weighted by atomic mass is 35.5. The number of rotatable bonds is 4. The van der Waals surface area contributed by atoms with Gasteiger partial charge in [-0.2, -0.15) is 18.3 Å². The molecule has 3 aliphatic heterocycles. The molecule has 0 saturated carbocycles. The third kappa shape index (κ3) is 4.71. The van der Waals surface area contributed by atoms with Gasteiger partial charge in [0.05, 0.1) is 29.2 Å². The molecule has 1 unspecified atom stereocenters. The number of H-pyrrole nitrogens is 1. The number of likely N-dealkylation sites (tertiary alicyclic amines) is 2. The van der Waals surface area contributed by atoms with Crippen molar-refractivity contribution in [2.45, 2.75) is 56.7 Å². The summed E-state index contributed by atoms with van der Waals surface area (Å²) in [6.07, 6.45) is -2.58. The maximum Gasteiger partial charge on any atom is 0.391 e. The van der Waals surface area contributed by atoms with Crippen LogP contribution in [0.15, 0.2) is 30.5 Å². The predicted octanol–water partition coefficient (Wildman–Crippen LogP) is 4.38. The summed E-state index contributed by atoms with van der Waals surface area (Å²) in [6, 6.07) is 5.95. The van der Waals surface area contributed by atoms with Gasteiger partial charge in [0, 0.05) is 36.3 Å². The Morgan fingerprint density at radius 3 is 2.63 bits per heavy atom. The van der Waals surface area contributed by atoms with E-state index in [2.05, 4.69) is 15.2 Å². The van der Waals surface area contributed by atoms with E-state index < -0.39 is 30.0 Å². The van der Waals surface area contributed by atoms with Crippen molar-refractivity contribution in [1.29, 1.82) is 0 Å². The van der Waals surface area contributed by atoms with Crippen molar-refractivity contribution in [2.75, 3.05) is 31.1 Å². The highest BCUT2D eigenvalue weighted by molar-refractivity contribution is 6.34. The van der Waals surface area contributed by atoms with E-state index in [-0.39, 0.29) is 62.9 Å². The van der Waals surface area contributed by atoms with Crippen LogP contribution in [0.3, 0.4) is 0 Å². The second-order valence-electron chi connectivity index (χ2n) is 11.1. The molecule has 41 heavy (non-hydrogen) atoms. The molecule has 2 fully saturated rings. The van der Waals surface area contributed by atoms with Crippen LogP contribution >= 0.6 is 11.6 Å². The molecule has 0 aliphatic carbocycles. The van der Waals surface area contributed by atoms with Crippen molar-refractivity contribution in [3.63, 3.8) is 0 Å². The minimum atomic E-state index is -4.39. The van der Waals surface area contributed by atoms with Crippen LogP contribution in [0.5, 0.6) is 0 Å². The van der Waals surface area contributed by atoms with Crippen molar-refractivity contribution in [3.05, 3.63) is 52.3 Å². The first-order valence-electron chi connectivity index (χ1n) is 13.6. The first-order chi connectivity index (χ1) is 19.5. The van der Waals surface area contributed by atoms with Crippen LogP contribution in [-0.4, -0.2) is 81.1 Å². The molecule has 216 valence electrons. The summed E-state index contributed by atoms with van der Waals surface area (Å²) in [4.78, 5) is 49.4. The van der Waals surface area contributed by atoms with Crippen LogP contribution in [0, 0.1) is 6.92 Å². The summed E-state index contributed by atoms with van der Waals surface area (Å²) in [6.45, 7) is 2.22. The van der Waals surface area contributed by atoms with Gasteiger partial charge in [-0.1, -0.05) is 17.7 Å². The van der Waals surface area contributed by atoms with E-state index in [4.69, 9.17) is 11.6 Å². The van der Waals surface area contributed by atoms with Gasteiger partial charge in [0.1, 0.15) is 17.8 Å². The number of carbonyl (C=O) groups is 3. The molecule has 6 rings (SSSR count). The monoisotopic (exact) mass is 588 g/mol. The van der Waals surface area contributed by atoms with Gasteiger partial charge in [0.25, 0.3) is 5.91 Å². The number of nitrogens with zero attached hydrogens (tertiary/aromatic N) is 5. The first-order valence-corrected chi connectivity index (χ1v) is 13.9. The normalized spacial score (nSPS) is 20.4. The minimum Gasteiger partial charge on any atom is -0.338 e. The fraction of sp³-hybridized carbons (Fsp3) is 0.464. The summed E-state index contributed by atoms with van der Waals surface area (Å²) in [5.41, 5.74) is 2.40. The zero-order valence-corrected chi connectivity index (χ0v) is 23.1. The lowest BCUT2D eigenvalue weighted by molar-refractivity contribution is -0.151. The number of anilines is 1. The Balaban J connectivity index is 1.24. The number of aromatic nitrogens is 3. The number of nitrogens with one attached hydrogen (secondary N) is 1. The van der Waals surface area contributed by atoms with Gasteiger partial charge in [0.2, 0.25) is 11.8 Å². The van der Waals surface area contributed by atoms with Gasteiger partial charge in [0.15, 0.2) is 0 Å². The third-order valence-corrected chi connectivity index (χ3v) is 9.10. The second kappa shape index (κ2) is 10.0. The van der Waals surface area contributed by atoms with E-state index in [0.717, 1.165) is 5.56 Å². The van der Waals surface area contributed by atoms with Gasteiger partial charge in [-0.05, 0) is 56.4 Å². The van der Waals surface area contributed by atoms with E-state index in [1.807, 2.05) is 6.92 Å².